The molecule has 0 atom stereocenters. The van der Waals surface area contributed by atoms with Gasteiger partial charge in [-0.2, -0.15) is 8.42 Å². The number of benzene rings is 1. The van der Waals surface area contributed by atoms with Crippen LogP contribution in [0.15, 0.2) is 26.0 Å². The van der Waals surface area contributed by atoms with E-state index in [1.807, 2.05) is 0 Å². The molecule has 0 radical (unpaired) electrons. The summed E-state index contributed by atoms with van der Waals surface area (Å²) in [4.78, 5) is -0.328. The third-order valence-corrected chi connectivity index (χ3v) is 3.28. The zero-order valence-corrected chi connectivity index (χ0v) is 13.0. The van der Waals surface area contributed by atoms with Crippen molar-refractivity contribution < 1.29 is 47.6 Å². The van der Waals surface area contributed by atoms with Crippen molar-refractivity contribution in [1.82, 2.24) is 0 Å². The van der Waals surface area contributed by atoms with E-state index in [1.165, 1.54) is 0 Å². The van der Waals surface area contributed by atoms with Gasteiger partial charge in [0, 0.05) is 8.95 Å². The second kappa shape index (κ2) is 5.29. The summed E-state index contributed by atoms with van der Waals surface area (Å²) in [6, 6.07) is 2.09. The summed E-state index contributed by atoms with van der Waals surface area (Å²) in [7, 11) is -4.26. The standard InChI is InChI=1S/C6H4Br2O4S.Na/c7-4-1-3(13(10,11)12)2-5(8)6(4)9;/h1-2,9H,(H,10,11,12);/q;+1/p-1. The largest absolute Gasteiger partial charge is 1.00 e. The molecule has 0 amide bonds. The molecule has 4 nitrogen and oxygen atoms in total. The normalized spacial score (nSPS) is 10.8. The molecule has 1 N–H and O–H groups in total. The molecule has 14 heavy (non-hydrogen) atoms. The fourth-order valence-corrected chi connectivity index (χ4v) is 2.71. The van der Waals surface area contributed by atoms with Crippen molar-refractivity contribution >= 4 is 42.0 Å². The van der Waals surface area contributed by atoms with E-state index in [0.717, 1.165) is 12.1 Å². The molecule has 1 aromatic rings. The fraction of sp³-hybridized carbons (Fsp3) is 0. The van der Waals surface area contributed by atoms with Crippen molar-refractivity contribution in [3.8, 4) is 5.75 Å². The summed E-state index contributed by atoms with van der Waals surface area (Å²) in [6.07, 6.45) is 0. The van der Waals surface area contributed by atoms with Gasteiger partial charge in [-0.25, -0.2) is 0 Å². The van der Waals surface area contributed by atoms with Gasteiger partial charge in [0.1, 0.15) is 0 Å². The van der Waals surface area contributed by atoms with Crippen molar-refractivity contribution in [2.45, 2.75) is 4.90 Å². The first-order valence-corrected chi connectivity index (χ1v) is 5.98. The van der Waals surface area contributed by atoms with Gasteiger partial charge in [0.15, 0.2) is 0 Å². The molecule has 72 valence electrons. The first-order chi connectivity index (χ1) is 5.82. The van der Waals surface area contributed by atoms with Crippen molar-refractivity contribution in [3.05, 3.63) is 21.1 Å². The molecule has 0 saturated heterocycles. The predicted octanol–water partition coefficient (Wildman–Crippen LogP) is -1.46. The molecule has 8 heteroatoms. The molecule has 0 heterocycles. The van der Waals surface area contributed by atoms with E-state index in [9.17, 15) is 13.5 Å². The minimum Gasteiger partial charge on any atom is -0.871 e. The van der Waals surface area contributed by atoms with E-state index in [0.29, 0.717) is 0 Å². The van der Waals surface area contributed by atoms with Gasteiger partial charge in [-0.15, -0.1) is 0 Å². The van der Waals surface area contributed by atoms with Gasteiger partial charge in [0.25, 0.3) is 10.1 Å². The number of rotatable bonds is 1. The van der Waals surface area contributed by atoms with Gasteiger partial charge < -0.3 is 5.11 Å². The second-order valence-corrected chi connectivity index (χ2v) is 5.32. The van der Waals surface area contributed by atoms with Crippen LogP contribution < -0.4 is 34.7 Å². The van der Waals surface area contributed by atoms with E-state index in [2.05, 4.69) is 31.9 Å². The van der Waals surface area contributed by atoms with Gasteiger partial charge in [-0.1, -0.05) is 37.6 Å². The number of halogens is 2. The Kier molecular flexibility index (Phi) is 5.62. The fourth-order valence-electron chi connectivity index (χ4n) is 0.686. The summed E-state index contributed by atoms with van der Waals surface area (Å²) in [5.74, 6) is -0.368. The third-order valence-electron chi connectivity index (χ3n) is 1.27. The van der Waals surface area contributed by atoms with Crippen LogP contribution in [0.2, 0.25) is 0 Å². The number of hydrogen-bond donors (Lipinski definition) is 1. The van der Waals surface area contributed by atoms with Crippen LogP contribution in [-0.4, -0.2) is 13.0 Å². The molecule has 0 aliphatic heterocycles. The monoisotopic (exact) mass is 352 g/mol. The Bertz CT molecular complexity index is 422. The zero-order chi connectivity index (χ0) is 10.2. The maximum atomic E-state index is 11.1. The molecular formula is C6H3Br2NaO4S. The van der Waals surface area contributed by atoms with Crippen LogP contribution >= 0.6 is 31.9 Å². The van der Waals surface area contributed by atoms with Gasteiger partial charge >= 0.3 is 29.6 Å². The average Bonchev–Trinajstić information content (AvgIpc) is 1.97. The molecule has 0 fully saturated rings. The van der Waals surface area contributed by atoms with Crippen LogP contribution in [0, 0.1) is 0 Å². The zero-order valence-electron chi connectivity index (χ0n) is 6.99. The minimum absolute atomic E-state index is 0. The Hall–Kier alpha value is 0.890. The van der Waals surface area contributed by atoms with Crippen LogP contribution in [0.25, 0.3) is 0 Å². The summed E-state index contributed by atoms with van der Waals surface area (Å²) >= 11 is 5.74. The van der Waals surface area contributed by atoms with Crippen LogP contribution in [0.3, 0.4) is 0 Å². The SMILES string of the molecule is O=S(=O)(O)c1cc(Br)c([O-])c(Br)c1.[Na+]. The first-order valence-electron chi connectivity index (χ1n) is 2.96. The number of hydrogen-bond acceptors (Lipinski definition) is 3. The van der Waals surface area contributed by atoms with Crippen molar-refractivity contribution in [1.29, 1.82) is 0 Å². The van der Waals surface area contributed by atoms with Gasteiger partial charge in [-0.3, -0.25) is 4.55 Å². The molecular weight excluding hydrogens is 351 g/mol. The van der Waals surface area contributed by atoms with Gasteiger partial charge in [-0.05, 0) is 12.1 Å². The van der Waals surface area contributed by atoms with Crippen molar-refractivity contribution in [3.63, 3.8) is 0 Å². The molecule has 0 aliphatic rings. The molecule has 0 unspecified atom stereocenters. The first kappa shape index (κ1) is 14.9. The van der Waals surface area contributed by atoms with Crippen LogP contribution in [0.4, 0.5) is 0 Å². The Morgan fingerprint density at radius 2 is 1.57 bits per heavy atom. The molecule has 0 aliphatic carbocycles. The van der Waals surface area contributed by atoms with E-state index < -0.39 is 10.1 Å². The molecule has 0 bridgehead atoms. The molecule has 0 aromatic heterocycles. The molecule has 1 aromatic carbocycles. The smallest absolute Gasteiger partial charge is 0.871 e. The van der Waals surface area contributed by atoms with E-state index in [-0.39, 0.29) is 49.1 Å². The maximum Gasteiger partial charge on any atom is 1.00 e. The summed E-state index contributed by atoms with van der Waals surface area (Å²) < 4.78 is 30.1. The summed E-state index contributed by atoms with van der Waals surface area (Å²) in [5, 5.41) is 11.1. The summed E-state index contributed by atoms with van der Waals surface area (Å²) in [5.41, 5.74) is 0. The van der Waals surface area contributed by atoms with E-state index in [1.54, 1.807) is 0 Å². The molecule has 1 rings (SSSR count). The quantitative estimate of drug-likeness (QED) is 0.494. The predicted molar refractivity (Wildman–Crippen MR) is 51.1 cm³/mol. The Balaban J connectivity index is 0.00000169. The molecule has 0 spiro atoms. The Morgan fingerprint density at radius 3 is 1.86 bits per heavy atom. The van der Waals surface area contributed by atoms with Gasteiger partial charge in [0.2, 0.25) is 0 Å². The topological polar surface area (TPSA) is 77.4 Å². The second-order valence-electron chi connectivity index (χ2n) is 2.19. The van der Waals surface area contributed by atoms with Crippen LogP contribution in [-0.2, 0) is 10.1 Å². The summed E-state index contributed by atoms with van der Waals surface area (Å²) in [6.45, 7) is 0. The third kappa shape index (κ3) is 3.48. The minimum atomic E-state index is -4.26. The van der Waals surface area contributed by atoms with Gasteiger partial charge in [0.05, 0.1) is 4.90 Å². The Morgan fingerprint density at radius 1 is 1.21 bits per heavy atom. The Labute approximate surface area is 120 Å². The maximum absolute atomic E-state index is 11.1. The van der Waals surface area contributed by atoms with Crippen molar-refractivity contribution in [2.24, 2.45) is 0 Å². The van der Waals surface area contributed by atoms with E-state index in [4.69, 9.17) is 4.55 Å². The average molecular weight is 354 g/mol. The molecule has 0 saturated carbocycles. The van der Waals surface area contributed by atoms with E-state index >= 15 is 0 Å². The van der Waals surface area contributed by atoms with Crippen molar-refractivity contribution in [2.75, 3.05) is 0 Å². The van der Waals surface area contributed by atoms with Crippen LogP contribution in [0.5, 0.6) is 5.75 Å². The van der Waals surface area contributed by atoms with Crippen LogP contribution in [0.1, 0.15) is 0 Å².